The normalized spacial score (nSPS) is 15.9. The van der Waals surface area contributed by atoms with Gasteiger partial charge in [0.1, 0.15) is 0 Å². The number of anilines is 1. The molecule has 0 radical (unpaired) electrons. The van der Waals surface area contributed by atoms with E-state index in [1.165, 1.54) is 11.8 Å². The summed E-state index contributed by atoms with van der Waals surface area (Å²) < 4.78 is 6.07. The summed E-state index contributed by atoms with van der Waals surface area (Å²) in [5, 5.41) is 10.9. The van der Waals surface area contributed by atoms with Gasteiger partial charge in [0.25, 0.3) is 5.91 Å². The number of hydrogen-bond donors (Lipinski definition) is 1. The van der Waals surface area contributed by atoms with Crippen LogP contribution in [0.5, 0.6) is 11.5 Å². The average molecular weight is 552 g/mol. The second-order valence-electron chi connectivity index (χ2n) is 7.89. The number of carbonyl (C=O) groups is 1. The van der Waals surface area contributed by atoms with Crippen LogP contribution in [0.1, 0.15) is 37.5 Å². The summed E-state index contributed by atoms with van der Waals surface area (Å²) in [6.45, 7) is 6.45. The summed E-state index contributed by atoms with van der Waals surface area (Å²) in [7, 11) is 0. The van der Waals surface area contributed by atoms with E-state index in [2.05, 4.69) is 35.8 Å². The fourth-order valence-electron chi connectivity index (χ4n) is 3.91. The number of aryl methyl sites for hydroxylation is 2. The summed E-state index contributed by atoms with van der Waals surface area (Å²) in [6, 6.07) is 19.4. The highest BCUT2D eigenvalue weighted by atomic mass is 79.9. The number of ether oxygens (including phenoxy) is 1. The molecule has 3 aromatic rings. The molecule has 1 N–H and O–H groups in total. The van der Waals surface area contributed by atoms with E-state index in [1.54, 1.807) is 17.0 Å². The average Bonchev–Trinajstić information content (AvgIpc) is 3.16. The summed E-state index contributed by atoms with van der Waals surface area (Å²) in [5.41, 5.74) is 4.64. The number of para-hydroxylation sites is 2. The van der Waals surface area contributed by atoms with Crippen LogP contribution in [0.2, 0.25) is 0 Å². The standard InChI is InChI=1S/C28H27BrN2O3S/c1-4-19-11-7-9-13-22(19)30-28-31(23-14-10-8-12-20(23)5-2)27(33)25(35-28)17-18-15-21(29)26(32)24(16-18)34-6-3/h7-17,32H,4-6H2,1-3H3/b25-17+,30-28?. The number of halogens is 1. The lowest BCUT2D eigenvalue weighted by Crippen LogP contribution is -2.29. The van der Waals surface area contributed by atoms with Crippen LogP contribution < -0.4 is 9.64 Å². The largest absolute Gasteiger partial charge is 0.503 e. The SMILES string of the molecule is CCOc1cc(/C=C2/SC(=Nc3ccccc3CC)N(c3ccccc3CC)C2=O)cc(Br)c1O. The molecule has 1 fully saturated rings. The number of aromatic hydroxyl groups is 1. The van der Waals surface area contributed by atoms with E-state index in [9.17, 15) is 9.90 Å². The highest BCUT2D eigenvalue weighted by Crippen LogP contribution is 2.41. The number of aliphatic imine (C=N–C) groups is 1. The molecule has 0 atom stereocenters. The number of phenols is 1. The molecular weight excluding hydrogens is 524 g/mol. The number of amidine groups is 1. The number of phenolic OH excluding ortho intramolecular Hbond substituents is 1. The summed E-state index contributed by atoms with van der Waals surface area (Å²) in [4.78, 5) is 21.0. The van der Waals surface area contributed by atoms with Crippen molar-refractivity contribution in [1.29, 1.82) is 0 Å². The number of hydrogen-bond acceptors (Lipinski definition) is 5. The summed E-state index contributed by atoms with van der Waals surface area (Å²) >= 11 is 4.73. The maximum atomic E-state index is 13.8. The van der Waals surface area contributed by atoms with E-state index in [-0.39, 0.29) is 11.7 Å². The Labute approximate surface area is 218 Å². The molecule has 5 nitrogen and oxygen atoms in total. The van der Waals surface area contributed by atoms with Gasteiger partial charge in [-0.25, -0.2) is 4.99 Å². The van der Waals surface area contributed by atoms with Gasteiger partial charge in [0.05, 0.1) is 27.4 Å². The lowest BCUT2D eigenvalue weighted by molar-refractivity contribution is -0.113. The molecule has 1 amide bonds. The molecule has 1 aliphatic rings. The minimum atomic E-state index is -0.134. The van der Waals surface area contributed by atoms with Crippen molar-refractivity contribution in [2.75, 3.05) is 11.5 Å². The van der Waals surface area contributed by atoms with Crippen molar-refractivity contribution in [2.24, 2.45) is 4.99 Å². The minimum absolute atomic E-state index is 0.0383. The monoisotopic (exact) mass is 550 g/mol. The minimum Gasteiger partial charge on any atom is -0.503 e. The number of rotatable bonds is 7. The molecule has 3 aromatic carbocycles. The second-order valence-corrected chi connectivity index (χ2v) is 9.76. The molecule has 1 heterocycles. The quantitative estimate of drug-likeness (QED) is 0.309. The Kier molecular flexibility index (Phi) is 7.98. The molecule has 0 aromatic heterocycles. The van der Waals surface area contributed by atoms with Gasteiger partial charge in [-0.05, 0) is 94.5 Å². The lowest BCUT2D eigenvalue weighted by Gasteiger charge is -2.19. The third kappa shape index (κ3) is 5.31. The van der Waals surface area contributed by atoms with Crippen molar-refractivity contribution in [3.63, 3.8) is 0 Å². The lowest BCUT2D eigenvalue weighted by atomic mass is 10.1. The van der Waals surface area contributed by atoms with Crippen molar-refractivity contribution in [1.82, 2.24) is 0 Å². The van der Waals surface area contributed by atoms with Crippen LogP contribution in [0.4, 0.5) is 11.4 Å². The first-order valence-corrected chi connectivity index (χ1v) is 13.2. The van der Waals surface area contributed by atoms with Crippen LogP contribution in [0, 0.1) is 0 Å². The first-order chi connectivity index (χ1) is 17.0. The van der Waals surface area contributed by atoms with Gasteiger partial charge in [-0.2, -0.15) is 0 Å². The molecule has 180 valence electrons. The van der Waals surface area contributed by atoms with E-state index in [0.29, 0.717) is 26.9 Å². The molecule has 0 saturated carbocycles. The topological polar surface area (TPSA) is 62.1 Å². The van der Waals surface area contributed by atoms with Gasteiger partial charge in [0, 0.05) is 0 Å². The number of thioether (sulfide) groups is 1. The molecule has 1 saturated heterocycles. The zero-order valence-electron chi connectivity index (χ0n) is 19.9. The Morgan fingerprint density at radius 2 is 1.71 bits per heavy atom. The van der Waals surface area contributed by atoms with Crippen LogP contribution in [0.3, 0.4) is 0 Å². The van der Waals surface area contributed by atoms with Gasteiger partial charge in [-0.1, -0.05) is 50.2 Å². The van der Waals surface area contributed by atoms with Crippen molar-refractivity contribution in [3.05, 3.63) is 86.7 Å². The van der Waals surface area contributed by atoms with E-state index in [4.69, 9.17) is 9.73 Å². The highest BCUT2D eigenvalue weighted by molar-refractivity contribution is 9.10. The molecule has 7 heteroatoms. The molecular formula is C28H27BrN2O3S. The van der Waals surface area contributed by atoms with E-state index in [1.807, 2.05) is 55.5 Å². The van der Waals surface area contributed by atoms with Gasteiger partial charge in [-0.15, -0.1) is 0 Å². The number of amides is 1. The third-order valence-electron chi connectivity index (χ3n) is 5.66. The Balaban J connectivity index is 1.84. The van der Waals surface area contributed by atoms with Gasteiger partial charge >= 0.3 is 0 Å². The number of nitrogens with zero attached hydrogens (tertiary/aromatic N) is 2. The van der Waals surface area contributed by atoms with E-state index < -0.39 is 0 Å². The Morgan fingerprint density at radius 3 is 2.43 bits per heavy atom. The van der Waals surface area contributed by atoms with Gasteiger partial charge in [0.15, 0.2) is 16.7 Å². The van der Waals surface area contributed by atoms with Crippen LogP contribution >= 0.6 is 27.7 Å². The Bertz CT molecular complexity index is 1320. The van der Waals surface area contributed by atoms with Crippen molar-refractivity contribution < 1.29 is 14.6 Å². The number of carbonyl (C=O) groups excluding carboxylic acids is 1. The summed E-state index contributed by atoms with van der Waals surface area (Å²) in [5.74, 6) is 0.269. The van der Waals surface area contributed by atoms with Crippen LogP contribution in [0.25, 0.3) is 6.08 Å². The third-order valence-corrected chi connectivity index (χ3v) is 7.23. The molecule has 4 rings (SSSR count). The van der Waals surface area contributed by atoms with E-state index in [0.717, 1.165) is 40.9 Å². The van der Waals surface area contributed by atoms with Crippen LogP contribution in [0.15, 0.2) is 75.0 Å². The van der Waals surface area contributed by atoms with Gasteiger partial charge in [-0.3, -0.25) is 9.69 Å². The molecule has 0 bridgehead atoms. The zero-order chi connectivity index (χ0) is 24.9. The summed E-state index contributed by atoms with van der Waals surface area (Å²) in [6.07, 6.45) is 3.46. The van der Waals surface area contributed by atoms with Crippen molar-refractivity contribution in [3.8, 4) is 11.5 Å². The molecule has 35 heavy (non-hydrogen) atoms. The second kappa shape index (κ2) is 11.1. The predicted molar refractivity (Wildman–Crippen MR) is 149 cm³/mol. The molecule has 0 unspecified atom stereocenters. The maximum Gasteiger partial charge on any atom is 0.271 e. The molecule has 0 spiro atoms. The van der Waals surface area contributed by atoms with Crippen LogP contribution in [-0.4, -0.2) is 22.8 Å². The van der Waals surface area contributed by atoms with E-state index >= 15 is 0 Å². The predicted octanol–water partition coefficient (Wildman–Crippen LogP) is 7.49. The van der Waals surface area contributed by atoms with Gasteiger partial charge < -0.3 is 9.84 Å². The fourth-order valence-corrected chi connectivity index (χ4v) is 5.35. The van der Waals surface area contributed by atoms with Crippen molar-refractivity contribution in [2.45, 2.75) is 33.6 Å². The van der Waals surface area contributed by atoms with Gasteiger partial charge in [0.2, 0.25) is 0 Å². The maximum absolute atomic E-state index is 13.8. The molecule has 0 aliphatic carbocycles. The number of benzene rings is 3. The first kappa shape index (κ1) is 25.1. The first-order valence-electron chi connectivity index (χ1n) is 11.6. The fraction of sp³-hybridized carbons (Fsp3) is 0.214. The Hall–Kier alpha value is -3.03. The highest BCUT2D eigenvalue weighted by Gasteiger charge is 2.36. The van der Waals surface area contributed by atoms with Crippen molar-refractivity contribution >= 4 is 56.2 Å². The zero-order valence-corrected chi connectivity index (χ0v) is 22.3. The van der Waals surface area contributed by atoms with Crippen LogP contribution in [-0.2, 0) is 17.6 Å². The Morgan fingerprint density at radius 1 is 1.03 bits per heavy atom. The molecule has 1 aliphatic heterocycles. The smallest absolute Gasteiger partial charge is 0.271 e.